The highest BCUT2D eigenvalue weighted by molar-refractivity contribution is 7.90. The van der Waals surface area contributed by atoms with Gasteiger partial charge in [-0.2, -0.15) is 5.10 Å². The molecule has 0 spiro atoms. The predicted molar refractivity (Wildman–Crippen MR) is 113 cm³/mol. The number of aliphatic imine (C=N–C) groups is 1. The van der Waals surface area contributed by atoms with E-state index in [0.29, 0.717) is 23.9 Å². The van der Waals surface area contributed by atoms with Gasteiger partial charge in [0.25, 0.3) is 0 Å². The number of guanidine groups is 1. The maximum Gasteiger partial charge on any atom is 0.191 e. The molecule has 3 rings (SSSR count). The Morgan fingerprint density at radius 3 is 2.41 bits per heavy atom. The number of hydrogen-bond acceptors (Lipinski definition) is 5. The second-order valence-corrected chi connectivity index (χ2v) is 8.67. The van der Waals surface area contributed by atoms with Crippen molar-refractivity contribution in [3.8, 4) is 11.4 Å². The van der Waals surface area contributed by atoms with Gasteiger partial charge in [-0.05, 0) is 35.7 Å². The van der Waals surface area contributed by atoms with Crippen molar-refractivity contribution >= 4 is 15.8 Å². The molecule has 1 aromatic heterocycles. The average Bonchev–Trinajstić information content (AvgIpc) is 3.22. The van der Waals surface area contributed by atoms with E-state index in [1.807, 2.05) is 36.4 Å². The summed E-state index contributed by atoms with van der Waals surface area (Å²) in [5, 5.41) is 13.3. The number of H-pyrrole nitrogens is 1. The number of sulfone groups is 1. The third kappa shape index (κ3) is 5.41. The Kier molecular flexibility index (Phi) is 6.28. The van der Waals surface area contributed by atoms with E-state index in [-0.39, 0.29) is 0 Å². The molecule has 0 aliphatic carbocycles. The lowest BCUT2D eigenvalue weighted by atomic mass is 10.1. The van der Waals surface area contributed by atoms with Gasteiger partial charge in [0.15, 0.2) is 21.6 Å². The zero-order valence-corrected chi connectivity index (χ0v) is 17.4. The van der Waals surface area contributed by atoms with Crippen molar-refractivity contribution in [2.45, 2.75) is 24.9 Å². The number of aromatic nitrogens is 3. The van der Waals surface area contributed by atoms with E-state index in [2.05, 4.69) is 30.8 Å². The highest BCUT2D eigenvalue weighted by atomic mass is 32.2. The van der Waals surface area contributed by atoms with Crippen LogP contribution in [-0.4, -0.2) is 42.9 Å². The van der Waals surface area contributed by atoms with Crippen LogP contribution in [-0.2, 0) is 22.9 Å². The summed E-state index contributed by atoms with van der Waals surface area (Å²) >= 11 is 0. The van der Waals surface area contributed by atoms with Crippen LogP contribution < -0.4 is 10.6 Å². The van der Waals surface area contributed by atoms with Crippen molar-refractivity contribution < 1.29 is 8.42 Å². The van der Waals surface area contributed by atoms with E-state index in [9.17, 15) is 8.42 Å². The van der Waals surface area contributed by atoms with Crippen LogP contribution in [0.2, 0.25) is 0 Å². The van der Waals surface area contributed by atoms with Crippen molar-refractivity contribution in [3.05, 3.63) is 65.5 Å². The molecule has 0 saturated heterocycles. The number of benzene rings is 2. The maximum absolute atomic E-state index is 11.7. The summed E-state index contributed by atoms with van der Waals surface area (Å²) in [5.41, 5.74) is 3.76. The first-order valence-electron chi connectivity index (χ1n) is 9.05. The Bertz CT molecular complexity index is 1110. The van der Waals surface area contributed by atoms with Crippen LogP contribution in [0.1, 0.15) is 16.7 Å². The number of nitrogens with one attached hydrogen (secondary N) is 3. The minimum Gasteiger partial charge on any atom is -0.352 e. The lowest BCUT2D eigenvalue weighted by molar-refractivity contribution is 0.601. The molecule has 0 amide bonds. The standard InChI is InChI=1S/C20H24N6O2S/c1-14-9-16(7-8-18(14)29(3,27)28)12-23-20(21-2)22-11-15-5-4-6-17(10-15)19-24-13-25-26-19/h4-10,13H,11-12H2,1-3H3,(H2,21,22,23)(H,24,25,26). The van der Waals surface area contributed by atoms with E-state index < -0.39 is 9.84 Å². The van der Waals surface area contributed by atoms with E-state index in [1.54, 1.807) is 20.0 Å². The molecule has 3 N–H and O–H groups in total. The smallest absolute Gasteiger partial charge is 0.191 e. The molecule has 0 radical (unpaired) electrons. The Morgan fingerprint density at radius 2 is 1.83 bits per heavy atom. The Labute approximate surface area is 170 Å². The Hall–Kier alpha value is -3.20. The van der Waals surface area contributed by atoms with Gasteiger partial charge in [-0.15, -0.1) is 0 Å². The molecule has 3 aromatic rings. The Balaban J connectivity index is 1.59. The number of nitrogens with zero attached hydrogens (tertiary/aromatic N) is 3. The minimum absolute atomic E-state index is 0.357. The summed E-state index contributed by atoms with van der Waals surface area (Å²) in [4.78, 5) is 8.77. The van der Waals surface area contributed by atoms with E-state index in [4.69, 9.17) is 0 Å². The van der Waals surface area contributed by atoms with Crippen LogP contribution in [0.5, 0.6) is 0 Å². The molecule has 1 heterocycles. The highest BCUT2D eigenvalue weighted by Gasteiger charge is 2.11. The van der Waals surface area contributed by atoms with Crippen LogP contribution in [0.4, 0.5) is 0 Å². The van der Waals surface area contributed by atoms with Crippen LogP contribution in [0, 0.1) is 6.92 Å². The van der Waals surface area contributed by atoms with Crippen molar-refractivity contribution in [1.29, 1.82) is 0 Å². The van der Waals surface area contributed by atoms with Gasteiger partial charge in [0.1, 0.15) is 6.33 Å². The third-order valence-electron chi connectivity index (χ3n) is 4.40. The van der Waals surface area contributed by atoms with Crippen molar-refractivity contribution in [2.24, 2.45) is 4.99 Å². The van der Waals surface area contributed by atoms with Crippen LogP contribution in [0.25, 0.3) is 11.4 Å². The predicted octanol–water partition coefficient (Wildman–Crippen LogP) is 2.05. The van der Waals surface area contributed by atoms with Gasteiger partial charge in [-0.1, -0.05) is 30.3 Å². The van der Waals surface area contributed by atoms with Crippen LogP contribution >= 0.6 is 0 Å². The largest absolute Gasteiger partial charge is 0.352 e. The zero-order chi connectivity index (χ0) is 20.9. The molecule has 0 aliphatic heterocycles. The maximum atomic E-state index is 11.7. The van der Waals surface area contributed by atoms with Gasteiger partial charge in [0.05, 0.1) is 4.90 Å². The Morgan fingerprint density at radius 1 is 1.10 bits per heavy atom. The fourth-order valence-electron chi connectivity index (χ4n) is 3.00. The van der Waals surface area contributed by atoms with Gasteiger partial charge in [-0.3, -0.25) is 10.1 Å². The van der Waals surface area contributed by atoms with Gasteiger partial charge in [0, 0.05) is 32.0 Å². The molecule has 8 nitrogen and oxygen atoms in total. The fourth-order valence-corrected chi connectivity index (χ4v) is 3.96. The van der Waals surface area contributed by atoms with Gasteiger partial charge in [-0.25, -0.2) is 13.4 Å². The molecule has 0 saturated carbocycles. The summed E-state index contributed by atoms with van der Waals surface area (Å²) in [6, 6.07) is 13.3. The molecule has 29 heavy (non-hydrogen) atoms. The number of aryl methyl sites for hydroxylation is 1. The molecular formula is C20H24N6O2S. The summed E-state index contributed by atoms with van der Waals surface area (Å²) in [6.45, 7) is 2.92. The number of hydrogen-bond donors (Lipinski definition) is 3. The highest BCUT2D eigenvalue weighted by Crippen LogP contribution is 2.17. The topological polar surface area (TPSA) is 112 Å². The lowest BCUT2D eigenvalue weighted by Crippen LogP contribution is -2.36. The van der Waals surface area contributed by atoms with Crippen LogP contribution in [0.15, 0.2) is 58.7 Å². The monoisotopic (exact) mass is 412 g/mol. The first kappa shape index (κ1) is 20.5. The van der Waals surface area contributed by atoms with Gasteiger partial charge < -0.3 is 10.6 Å². The minimum atomic E-state index is -3.21. The first-order chi connectivity index (χ1) is 13.9. The molecular weight excluding hydrogens is 388 g/mol. The molecule has 152 valence electrons. The summed E-state index contributed by atoms with van der Waals surface area (Å²) < 4.78 is 23.5. The van der Waals surface area contributed by atoms with E-state index in [0.717, 1.165) is 28.1 Å². The molecule has 0 aliphatic rings. The molecule has 9 heteroatoms. The molecule has 0 atom stereocenters. The normalized spacial score (nSPS) is 12.0. The van der Waals surface area contributed by atoms with Gasteiger partial charge >= 0.3 is 0 Å². The lowest BCUT2D eigenvalue weighted by Gasteiger charge is -2.13. The second-order valence-electron chi connectivity index (χ2n) is 6.69. The molecule has 0 bridgehead atoms. The molecule has 0 unspecified atom stereocenters. The number of aromatic amines is 1. The second kappa shape index (κ2) is 8.87. The molecule has 0 fully saturated rings. The van der Waals surface area contributed by atoms with Crippen molar-refractivity contribution in [2.75, 3.05) is 13.3 Å². The van der Waals surface area contributed by atoms with E-state index >= 15 is 0 Å². The first-order valence-corrected chi connectivity index (χ1v) is 10.9. The van der Waals surface area contributed by atoms with Crippen molar-refractivity contribution in [1.82, 2.24) is 25.8 Å². The third-order valence-corrected chi connectivity index (χ3v) is 5.65. The van der Waals surface area contributed by atoms with Crippen LogP contribution in [0.3, 0.4) is 0 Å². The fraction of sp³-hybridized carbons (Fsp3) is 0.250. The zero-order valence-electron chi connectivity index (χ0n) is 16.6. The summed E-state index contributed by atoms with van der Waals surface area (Å²) in [7, 11) is -1.51. The SMILES string of the molecule is CN=C(NCc1cccc(-c2ncn[nH]2)c1)NCc1ccc(S(C)(=O)=O)c(C)c1. The van der Waals surface area contributed by atoms with E-state index in [1.165, 1.54) is 12.6 Å². The van der Waals surface area contributed by atoms with Crippen molar-refractivity contribution in [3.63, 3.8) is 0 Å². The quantitative estimate of drug-likeness (QED) is 0.422. The number of rotatable bonds is 6. The summed E-state index contributed by atoms with van der Waals surface area (Å²) in [6.07, 6.45) is 2.70. The summed E-state index contributed by atoms with van der Waals surface area (Å²) in [5.74, 6) is 1.38. The average molecular weight is 413 g/mol. The van der Waals surface area contributed by atoms with Gasteiger partial charge in [0.2, 0.25) is 0 Å². The molecule has 2 aromatic carbocycles.